The normalized spacial score (nSPS) is 16.6. The van der Waals surface area contributed by atoms with E-state index in [1.54, 1.807) is 12.3 Å². The predicted octanol–water partition coefficient (Wildman–Crippen LogP) is 3.20. The maximum atomic E-state index is 13.2. The van der Waals surface area contributed by atoms with E-state index in [4.69, 9.17) is 14.2 Å². The minimum absolute atomic E-state index is 0.0524. The van der Waals surface area contributed by atoms with E-state index in [0.717, 1.165) is 25.9 Å². The van der Waals surface area contributed by atoms with E-state index >= 15 is 0 Å². The molecule has 3 aromatic rings. The number of alkyl halides is 2. The summed E-state index contributed by atoms with van der Waals surface area (Å²) in [6.07, 6.45) is 5.31. The zero-order chi connectivity index (χ0) is 23.1. The summed E-state index contributed by atoms with van der Waals surface area (Å²) in [5.41, 5.74) is 1.74. The number of hydrogen-bond donors (Lipinski definition) is 1. The SMILES string of the molecule is COc1cc(-c2cnc3cc(OC4CN(C)C4)ccn23)cc(OC(F)F)c1C(=O)NC1CC1. The third kappa shape index (κ3) is 4.43. The van der Waals surface area contributed by atoms with Gasteiger partial charge in [-0.3, -0.25) is 14.1 Å². The van der Waals surface area contributed by atoms with Gasteiger partial charge < -0.3 is 19.5 Å². The Morgan fingerprint density at radius 3 is 2.64 bits per heavy atom. The molecule has 1 aromatic carbocycles. The Labute approximate surface area is 189 Å². The Morgan fingerprint density at radius 2 is 1.97 bits per heavy atom. The van der Waals surface area contributed by atoms with Crippen molar-refractivity contribution in [1.29, 1.82) is 0 Å². The van der Waals surface area contributed by atoms with Gasteiger partial charge in [0.2, 0.25) is 0 Å². The van der Waals surface area contributed by atoms with Gasteiger partial charge in [-0.1, -0.05) is 0 Å². The molecule has 0 spiro atoms. The highest BCUT2D eigenvalue weighted by Gasteiger charge is 2.29. The van der Waals surface area contributed by atoms with Crippen molar-refractivity contribution in [2.45, 2.75) is 31.6 Å². The van der Waals surface area contributed by atoms with Crippen LogP contribution >= 0.6 is 0 Å². The third-order valence-corrected chi connectivity index (χ3v) is 5.76. The Balaban J connectivity index is 1.50. The second kappa shape index (κ2) is 8.51. The summed E-state index contributed by atoms with van der Waals surface area (Å²) in [6.45, 7) is -1.35. The van der Waals surface area contributed by atoms with E-state index in [1.807, 2.05) is 29.8 Å². The second-order valence-electron chi connectivity index (χ2n) is 8.37. The molecule has 1 N–H and O–H groups in total. The van der Waals surface area contributed by atoms with E-state index in [0.29, 0.717) is 22.7 Å². The molecule has 0 atom stereocenters. The van der Waals surface area contributed by atoms with Gasteiger partial charge in [-0.15, -0.1) is 0 Å². The highest BCUT2D eigenvalue weighted by atomic mass is 19.3. The summed E-state index contributed by atoms with van der Waals surface area (Å²) < 4.78 is 44.2. The maximum absolute atomic E-state index is 13.2. The van der Waals surface area contributed by atoms with Crippen LogP contribution in [0.25, 0.3) is 16.9 Å². The molecule has 2 aromatic heterocycles. The second-order valence-corrected chi connectivity index (χ2v) is 8.37. The van der Waals surface area contributed by atoms with Crippen molar-refractivity contribution in [1.82, 2.24) is 19.6 Å². The van der Waals surface area contributed by atoms with Crippen molar-refractivity contribution >= 4 is 11.6 Å². The topological polar surface area (TPSA) is 77.3 Å². The number of pyridine rings is 1. The summed E-state index contributed by atoms with van der Waals surface area (Å²) >= 11 is 0. The number of benzene rings is 1. The van der Waals surface area contributed by atoms with Crippen molar-refractivity contribution in [3.8, 4) is 28.5 Å². The van der Waals surface area contributed by atoms with Crippen LogP contribution in [0.3, 0.4) is 0 Å². The first kappa shape index (κ1) is 21.4. The van der Waals surface area contributed by atoms with Crippen LogP contribution in [-0.2, 0) is 0 Å². The van der Waals surface area contributed by atoms with Crippen LogP contribution in [0.5, 0.6) is 17.2 Å². The van der Waals surface area contributed by atoms with Crippen molar-refractivity contribution in [3.05, 3.63) is 42.2 Å². The molecule has 0 bridgehead atoms. The van der Waals surface area contributed by atoms with E-state index in [-0.39, 0.29) is 29.2 Å². The van der Waals surface area contributed by atoms with Gasteiger partial charge in [0.15, 0.2) is 0 Å². The zero-order valence-electron chi connectivity index (χ0n) is 18.3. The zero-order valence-corrected chi connectivity index (χ0v) is 18.3. The average Bonchev–Trinajstić information content (AvgIpc) is 3.47. The van der Waals surface area contributed by atoms with Gasteiger partial charge in [-0.05, 0) is 38.1 Å². The summed E-state index contributed by atoms with van der Waals surface area (Å²) in [6, 6.07) is 6.75. The van der Waals surface area contributed by atoms with Gasteiger partial charge in [-0.2, -0.15) is 8.78 Å². The number of carbonyl (C=O) groups is 1. The molecule has 10 heteroatoms. The molecule has 1 aliphatic carbocycles. The number of fused-ring (bicyclic) bond motifs is 1. The highest BCUT2D eigenvalue weighted by molar-refractivity contribution is 6.01. The van der Waals surface area contributed by atoms with E-state index in [1.165, 1.54) is 13.2 Å². The van der Waals surface area contributed by atoms with Crippen molar-refractivity contribution in [2.75, 3.05) is 27.2 Å². The number of rotatable bonds is 8. The molecule has 0 radical (unpaired) electrons. The highest BCUT2D eigenvalue weighted by Crippen LogP contribution is 2.37. The molecule has 33 heavy (non-hydrogen) atoms. The van der Waals surface area contributed by atoms with Crippen molar-refractivity contribution < 1.29 is 27.8 Å². The molecule has 174 valence electrons. The summed E-state index contributed by atoms with van der Waals surface area (Å²) in [4.78, 5) is 19.3. The van der Waals surface area contributed by atoms with E-state index in [9.17, 15) is 13.6 Å². The fourth-order valence-electron chi connectivity index (χ4n) is 3.95. The van der Waals surface area contributed by atoms with Crippen molar-refractivity contribution in [2.24, 2.45) is 0 Å². The van der Waals surface area contributed by atoms with Crippen LogP contribution in [0.15, 0.2) is 36.7 Å². The number of nitrogens with one attached hydrogen (secondary N) is 1. The fraction of sp³-hybridized carbons (Fsp3) is 0.391. The monoisotopic (exact) mass is 458 g/mol. The van der Waals surface area contributed by atoms with Gasteiger partial charge in [0.25, 0.3) is 5.91 Å². The quantitative estimate of drug-likeness (QED) is 0.559. The number of likely N-dealkylation sites (tertiary alicyclic amines) is 1. The summed E-state index contributed by atoms with van der Waals surface area (Å²) in [7, 11) is 3.42. The lowest BCUT2D eigenvalue weighted by molar-refractivity contribution is -0.0502. The van der Waals surface area contributed by atoms with Gasteiger partial charge in [-0.25, -0.2) is 4.98 Å². The van der Waals surface area contributed by atoms with Crippen LogP contribution in [0.1, 0.15) is 23.2 Å². The molecule has 1 saturated heterocycles. The average molecular weight is 458 g/mol. The number of ether oxygens (including phenoxy) is 3. The Morgan fingerprint density at radius 1 is 1.21 bits per heavy atom. The Hall–Kier alpha value is -3.40. The predicted molar refractivity (Wildman–Crippen MR) is 116 cm³/mol. The molecular weight excluding hydrogens is 434 g/mol. The van der Waals surface area contributed by atoms with Gasteiger partial charge >= 0.3 is 6.61 Å². The van der Waals surface area contributed by atoms with Crippen LogP contribution in [0.2, 0.25) is 0 Å². The van der Waals surface area contributed by atoms with Crippen molar-refractivity contribution in [3.63, 3.8) is 0 Å². The molecule has 5 rings (SSSR count). The Bertz CT molecular complexity index is 1190. The standard InChI is InChI=1S/C23H24F2N4O4/c1-28-11-16(12-28)32-15-5-6-29-17(10-26-20(29)9-15)13-7-18(31-2)21(19(8-13)33-23(24)25)22(30)27-14-3-4-14/h5-10,14,16,23H,3-4,11-12H2,1-2H3,(H,27,30). The molecule has 1 aliphatic heterocycles. The molecule has 0 unspecified atom stereocenters. The van der Waals surface area contributed by atoms with Gasteiger partial charge in [0.1, 0.15) is 34.6 Å². The number of imidazole rings is 1. The minimum atomic E-state index is -3.09. The minimum Gasteiger partial charge on any atom is -0.496 e. The van der Waals surface area contributed by atoms with Crippen LogP contribution < -0.4 is 19.5 Å². The third-order valence-electron chi connectivity index (χ3n) is 5.76. The lowest BCUT2D eigenvalue weighted by Crippen LogP contribution is -2.51. The molecule has 8 nitrogen and oxygen atoms in total. The van der Waals surface area contributed by atoms with Crippen LogP contribution in [0.4, 0.5) is 8.78 Å². The van der Waals surface area contributed by atoms with Crippen LogP contribution in [-0.4, -0.2) is 66.2 Å². The number of aromatic nitrogens is 2. The van der Waals surface area contributed by atoms with E-state index in [2.05, 4.69) is 15.2 Å². The Kier molecular flexibility index (Phi) is 5.53. The largest absolute Gasteiger partial charge is 0.496 e. The van der Waals surface area contributed by atoms with Gasteiger partial charge in [0.05, 0.1) is 19.0 Å². The van der Waals surface area contributed by atoms with Crippen LogP contribution in [0, 0.1) is 0 Å². The molecule has 2 aliphatic rings. The number of likely N-dealkylation sites (N-methyl/N-ethyl adjacent to an activating group) is 1. The number of nitrogens with zero attached hydrogens (tertiary/aromatic N) is 3. The fourth-order valence-corrected chi connectivity index (χ4v) is 3.95. The number of carbonyl (C=O) groups excluding carboxylic acids is 1. The van der Waals surface area contributed by atoms with Gasteiger partial charge in [0, 0.05) is 37.0 Å². The first-order valence-electron chi connectivity index (χ1n) is 10.7. The molecule has 2 fully saturated rings. The first-order valence-corrected chi connectivity index (χ1v) is 10.7. The maximum Gasteiger partial charge on any atom is 0.387 e. The number of amides is 1. The lowest BCUT2D eigenvalue weighted by Gasteiger charge is -2.35. The summed E-state index contributed by atoms with van der Waals surface area (Å²) in [5, 5.41) is 2.80. The number of methoxy groups -OCH3 is 1. The molecule has 1 amide bonds. The first-order chi connectivity index (χ1) is 15.9. The molecule has 3 heterocycles. The number of hydrogen-bond acceptors (Lipinski definition) is 6. The van der Waals surface area contributed by atoms with E-state index < -0.39 is 12.5 Å². The smallest absolute Gasteiger partial charge is 0.387 e. The lowest BCUT2D eigenvalue weighted by atomic mass is 10.1. The molecule has 1 saturated carbocycles. The summed E-state index contributed by atoms with van der Waals surface area (Å²) in [5.74, 6) is 0.106. The number of halogens is 2. The molecular formula is C23H24F2N4O4.